The predicted molar refractivity (Wildman–Crippen MR) is 230 cm³/mol. The Bertz CT molecular complexity index is 3010. The van der Waals surface area contributed by atoms with Crippen molar-refractivity contribution in [3.63, 3.8) is 0 Å². The topological polar surface area (TPSA) is 3.24 Å². The van der Waals surface area contributed by atoms with Crippen molar-refractivity contribution >= 4 is 43.7 Å². The monoisotopic (exact) mass is 689 g/mol. The molecule has 0 atom stereocenters. The standard InChI is InChI=1S/C53H39N/c1-53(2)47-21-10-9-17-41(47)45-31-37(26-28-48(45)53)52-43-19-8-7-18-42(43)51(38-24-23-36-29-35-14-5-11-22-49(35)54(3)50(36)32-38)44-27-25-34(30-46(44)52)40-20-12-15-33-13-4-6-16-39(33)40/h4-28,30-32H,29H2,1-3H3. The maximum absolute atomic E-state index is 2.47. The molecule has 9 aromatic rings. The normalized spacial score (nSPS) is 13.9. The maximum Gasteiger partial charge on any atom is 0.0450 e. The van der Waals surface area contributed by atoms with Crippen LogP contribution in [-0.4, -0.2) is 7.05 Å². The first-order chi connectivity index (χ1) is 26.5. The van der Waals surface area contributed by atoms with Crippen LogP contribution in [-0.2, 0) is 11.8 Å². The van der Waals surface area contributed by atoms with Crippen LogP contribution in [0.2, 0.25) is 0 Å². The molecule has 0 N–H and O–H groups in total. The summed E-state index contributed by atoms with van der Waals surface area (Å²) in [6.45, 7) is 4.73. The number of hydrogen-bond donors (Lipinski definition) is 0. The van der Waals surface area contributed by atoms with E-state index >= 15 is 0 Å². The zero-order valence-electron chi connectivity index (χ0n) is 30.8. The number of anilines is 2. The summed E-state index contributed by atoms with van der Waals surface area (Å²) in [6.07, 6.45) is 0.948. The number of fused-ring (bicyclic) bond motifs is 8. The molecule has 0 unspecified atom stereocenters. The van der Waals surface area contributed by atoms with Crippen molar-refractivity contribution in [3.8, 4) is 44.5 Å². The lowest BCUT2D eigenvalue weighted by molar-refractivity contribution is 0.660. The SMILES string of the molecule is CN1c2ccccc2Cc2ccc(-c3c4ccccc4c(-c4ccc5c(c4)-c4ccccc4C5(C)C)c4cc(-c5cccc6ccccc56)ccc34)cc21. The van der Waals surface area contributed by atoms with E-state index in [0.717, 1.165) is 6.42 Å². The summed E-state index contributed by atoms with van der Waals surface area (Å²) in [6, 6.07) is 63.9. The molecule has 11 rings (SSSR count). The molecular weight excluding hydrogens is 651 g/mol. The fraction of sp³-hybridized carbons (Fsp3) is 0.0943. The Hall–Kier alpha value is -6.44. The fourth-order valence-corrected chi connectivity index (χ4v) is 9.82. The molecule has 0 spiro atoms. The Morgan fingerprint density at radius 2 is 1.00 bits per heavy atom. The van der Waals surface area contributed by atoms with Crippen LogP contribution in [0.4, 0.5) is 11.4 Å². The van der Waals surface area contributed by atoms with Gasteiger partial charge in [0.15, 0.2) is 0 Å². The molecule has 1 nitrogen and oxygen atoms in total. The Kier molecular flexibility index (Phi) is 6.64. The molecule has 0 radical (unpaired) electrons. The summed E-state index contributed by atoms with van der Waals surface area (Å²) in [7, 11) is 2.21. The van der Waals surface area contributed by atoms with Crippen molar-refractivity contribution in [2.24, 2.45) is 0 Å². The predicted octanol–water partition coefficient (Wildman–Crippen LogP) is 14.1. The molecule has 54 heavy (non-hydrogen) atoms. The van der Waals surface area contributed by atoms with Crippen LogP contribution in [0.1, 0.15) is 36.1 Å². The fourth-order valence-electron chi connectivity index (χ4n) is 9.82. The van der Waals surface area contributed by atoms with Crippen LogP contribution in [0.5, 0.6) is 0 Å². The quantitative estimate of drug-likeness (QED) is 0.167. The Morgan fingerprint density at radius 3 is 1.87 bits per heavy atom. The van der Waals surface area contributed by atoms with Crippen LogP contribution in [0, 0.1) is 0 Å². The lowest BCUT2D eigenvalue weighted by atomic mass is 9.81. The van der Waals surface area contributed by atoms with Gasteiger partial charge in [-0.1, -0.05) is 159 Å². The van der Waals surface area contributed by atoms with E-state index < -0.39 is 0 Å². The van der Waals surface area contributed by atoms with E-state index in [0.29, 0.717) is 0 Å². The molecular formula is C53H39N. The van der Waals surface area contributed by atoms with Crippen molar-refractivity contribution < 1.29 is 0 Å². The first kappa shape index (κ1) is 31.1. The van der Waals surface area contributed by atoms with Crippen molar-refractivity contribution in [2.75, 3.05) is 11.9 Å². The molecule has 0 aromatic heterocycles. The van der Waals surface area contributed by atoms with Crippen molar-refractivity contribution in [1.29, 1.82) is 0 Å². The summed E-state index contributed by atoms with van der Waals surface area (Å²) in [5, 5.41) is 7.63. The van der Waals surface area contributed by atoms with Gasteiger partial charge >= 0.3 is 0 Å². The van der Waals surface area contributed by atoms with Crippen LogP contribution < -0.4 is 4.90 Å². The van der Waals surface area contributed by atoms with E-state index in [-0.39, 0.29) is 5.41 Å². The van der Waals surface area contributed by atoms with E-state index in [9.17, 15) is 0 Å². The van der Waals surface area contributed by atoms with Crippen LogP contribution in [0.25, 0.3) is 76.8 Å². The minimum atomic E-state index is -0.0416. The number of hydrogen-bond acceptors (Lipinski definition) is 1. The van der Waals surface area contributed by atoms with Crippen LogP contribution in [0.3, 0.4) is 0 Å². The largest absolute Gasteiger partial charge is 0.344 e. The summed E-state index contributed by atoms with van der Waals surface area (Å²) in [4.78, 5) is 2.37. The van der Waals surface area contributed by atoms with Gasteiger partial charge < -0.3 is 4.90 Å². The Morgan fingerprint density at radius 1 is 0.407 bits per heavy atom. The minimum Gasteiger partial charge on any atom is -0.344 e. The molecule has 1 heteroatoms. The highest BCUT2D eigenvalue weighted by Gasteiger charge is 2.35. The van der Waals surface area contributed by atoms with Crippen molar-refractivity contribution in [1.82, 2.24) is 0 Å². The average Bonchev–Trinajstić information content (AvgIpc) is 3.45. The third kappa shape index (κ3) is 4.45. The highest BCUT2D eigenvalue weighted by molar-refractivity contribution is 6.22. The van der Waals surface area contributed by atoms with E-state index in [1.165, 1.54) is 110 Å². The smallest absolute Gasteiger partial charge is 0.0450 e. The third-order valence-electron chi connectivity index (χ3n) is 12.5. The van der Waals surface area contributed by atoms with Gasteiger partial charge in [-0.05, 0) is 123 Å². The highest BCUT2D eigenvalue weighted by Crippen LogP contribution is 2.52. The van der Waals surface area contributed by atoms with Gasteiger partial charge in [-0.3, -0.25) is 0 Å². The molecule has 256 valence electrons. The Labute approximate surface area is 316 Å². The van der Waals surface area contributed by atoms with Gasteiger partial charge in [0.2, 0.25) is 0 Å². The lowest BCUT2D eigenvalue weighted by Gasteiger charge is -2.31. The molecule has 1 aliphatic heterocycles. The van der Waals surface area contributed by atoms with Gasteiger partial charge in [0.25, 0.3) is 0 Å². The van der Waals surface area contributed by atoms with E-state index in [4.69, 9.17) is 0 Å². The minimum absolute atomic E-state index is 0.0416. The molecule has 9 aromatic carbocycles. The Balaban J connectivity index is 1.21. The van der Waals surface area contributed by atoms with E-state index in [1.807, 2.05) is 0 Å². The van der Waals surface area contributed by atoms with Gasteiger partial charge in [-0.2, -0.15) is 0 Å². The van der Waals surface area contributed by atoms with Gasteiger partial charge in [0.05, 0.1) is 0 Å². The van der Waals surface area contributed by atoms with Crippen molar-refractivity contribution in [2.45, 2.75) is 25.7 Å². The second-order valence-electron chi connectivity index (χ2n) is 15.7. The number of para-hydroxylation sites is 1. The van der Waals surface area contributed by atoms with Gasteiger partial charge in [-0.15, -0.1) is 0 Å². The molecule has 1 aliphatic carbocycles. The summed E-state index contributed by atoms with van der Waals surface area (Å²) in [5.41, 5.74) is 18.3. The summed E-state index contributed by atoms with van der Waals surface area (Å²) < 4.78 is 0. The highest BCUT2D eigenvalue weighted by atomic mass is 15.1. The van der Waals surface area contributed by atoms with E-state index in [1.54, 1.807) is 0 Å². The van der Waals surface area contributed by atoms with Crippen molar-refractivity contribution in [3.05, 3.63) is 192 Å². The molecule has 0 fully saturated rings. The molecule has 0 amide bonds. The molecule has 0 saturated heterocycles. The average molecular weight is 690 g/mol. The van der Waals surface area contributed by atoms with E-state index in [2.05, 4.69) is 196 Å². The second kappa shape index (κ2) is 11.5. The number of nitrogens with zero attached hydrogens (tertiary/aromatic N) is 1. The van der Waals surface area contributed by atoms with Gasteiger partial charge in [-0.25, -0.2) is 0 Å². The van der Waals surface area contributed by atoms with Gasteiger partial charge in [0, 0.05) is 30.3 Å². The summed E-state index contributed by atoms with van der Waals surface area (Å²) >= 11 is 0. The zero-order chi connectivity index (χ0) is 36.1. The molecule has 0 saturated carbocycles. The maximum atomic E-state index is 2.47. The van der Waals surface area contributed by atoms with Crippen LogP contribution in [0.15, 0.2) is 170 Å². The van der Waals surface area contributed by atoms with Gasteiger partial charge in [0.1, 0.15) is 0 Å². The molecule has 2 aliphatic rings. The first-order valence-electron chi connectivity index (χ1n) is 19.1. The third-order valence-corrected chi connectivity index (χ3v) is 12.5. The number of rotatable bonds is 3. The molecule has 0 bridgehead atoms. The second-order valence-corrected chi connectivity index (χ2v) is 15.7. The number of benzene rings is 9. The lowest BCUT2D eigenvalue weighted by Crippen LogP contribution is -2.18. The van der Waals surface area contributed by atoms with Crippen LogP contribution >= 0.6 is 0 Å². The zero-order valence-corrected chi connectivity index (χ0v) is 30.8. The summed E-state index contributed by atoms with van der Waals surface area (Å²) in [5.74, 6) is 0. The first-order valence-corrected chi connectivity index (χ1v) is 19.1. The molecule has 1 heterocycles.